The monoisotopic (exact) mass is 246 g/mol. The van der Waals surface area contributed by atoms with Gasteiger partial charge in [-0.25, -0.2) is 4.98 Å². The average Bonchev–Trinajstić information content (AvgIpc) is 2.40. The Morgan fingerprint density at radius 3 is 2.82 bits per heavy atom. The van der Waals surface area contributed by atoms with Gasteiger partial charge in [0.15, 0.2) is 5.69 Å². The summed E-state index contributed by atoms with van der Waals surface area (Å²) in [5, 5.41) is 9.83. The molecule has 2 rings (SSSR count). The summed E-state index contributed by atoms with van der Waals surface area (Å²) in [6, 6.07) is 4.28. The first-order valence-electron chi connectivity index (χ1n) is 6.39. The van der Waals surface area contributed by atoms with Crippen LogP contribution in [0.1, 0.15) is 50.3 Å². The van der Waals surface area contributed by atoms with E-state index in [1.54, 1.807) is 6.20 Å². The van der Waals surface area contributed by atoms with Crippen LogP contribution in [0.4, 0.5) is 0 Å². The zero-order valence-electron chi connectivity index (χ0n) is 10.3. The molecule has 2 nitrogen and oxygen atoms in total. The molecule has 0 radical (unpaired) electrons. The second-order valence-corrected chi connectivity index (χ2v) is 5.80. The van der Waals surface area contributed by atoms with E-state index in [0.29, 0.717) is 10.9 Å². The first-order valence-corrected chi connectivity index (χ1v) is 7.27. The molecule has 1 heterocycles. The Hall–Kier alpha value is -1.01. The van der Waals surface area contributed by atoms with Crippen molar-refractivity contribution in [1.82, 2.24) is 4.98 Å². The van der Waals surface area contributed by atoms with Gasteiger partial charge in [-0.3, -0.25) is 0 Å². The average molecular weight is 246 g/mol. The van der Waals surface area contributed by atoms with Gasteiger partial charge in [0.1, 0.15) is 6.07 Å². The van der Waals surface area contributed by atoms with Crippen LogP contribution in [0.3, 0.4) is 0 Å². The summed E-state index contributed by atoms with van der Waals surface area (Å²) < 4.78 is 0. The van der Waals surface area contributed by atoms with Crippen molar-refractivity contribution in [1.29, 1.82) is 5.26 Å². The lowest BCUT2D eigenvalue weighted by Gasteiger charge is -2.22. The predicted octanol–water partition coefficient (Wildman–Crippen LogP) is 3.94. The molecular weight excluding hydrogens is 228 g/mol. The summed E-state index contributed by atoms with van der Waals surface area (Å²) >= 11 is 1.88. The van der Waals surface area contributed by atoms with Gasteiger partial charge in [0.05, 0.1) is 0 Å². The molecule has 0 spiro atoms. The molecule has 3 heteroatoms. The van der Waals surface area contributed by atoms with Crippen molar-refractivity contribution in [3.8, 4) is 6.07 Å². The van der Waals surface area contributed by atoms with E-state index >= 15 is 0 Å². The molecule has 1 aromatic heterocycles. The quantitative estimate of drug-likeness (QED) is 0.810. The third kappa shape index (κ3) is 3.01. The highest BCUT2D eigenvalue weighted by molar-refractivity contribution is 8.00. The number of hydrogen-bond donors (Lipinski definition) is 0. The highest BCUT2D eigenvalue weighted by Gasteiger charge is 2.18. The minimum Gasteiger partial charge on any atom is -0.244 e. The molecule has 90 valence electrons. The molecule has 1 aliphatic rings. The van der Waals surface area contributed by atoms with Crippen LogP contribution >= 0.6 is 11.8 Å². The molecule has 0 saturated heterocycles. The number of aromatic nitrogens is 1. The molecule has 1 saturated carbocycles. The summed E-state index contributed by atoms with van der Waals surface area (Å²) in [4.78, 5) is 5.32. The predicted molar refractivity (Wildman–Crippen MR) is 71.1 cm³/mol. The van der Waals surface area contributed by atoms with Gasteiger partial charge in [0.2, 0.25) is 0 Å². The van der Waals surface area contributed by atoms with E-state index in [1.807, 2.05) is 17.8 Å². The molecular formula is C14H18N2S. The SMILES string of the molecule is CCc1ccnc(C#N)c1SC1CCCCC1. The molecule has 0 aromatic carbocycles. The summed E-state index contributed by atoms with van der Waals surface area (Å²) in [6.45, 7) is 2.14. The number of nitrogens with zero attached hydrogens (tertiary/aromatic N) is 2. The van der Waals surface area contributed by atoms with E-state index in [9.17, 15) is 0 Å². The van der Waals surface area contributed by atoms with Crippen LogP contribution in [0.2, 0.25) is 0 Å². The van der Waals surface area contributed by atoms with Gasteiger partial charge in [-0.15, -0.1) is 11.8 Å². The standard InChI is InChI=1S/C14H18N2S/c1-2-11-8-9-16-13(10-15)14(11)17-12-6-4-3-5-7-12/h8-9,12H,2-7H2,1H3. The van der Waals surface area contributed by atoms with Crippen LogP contribution < -0.4 is 0 Å². The summed E-state index contributed by atoms with van der Waals surface area (Å²) in [5.74, 6) is 0. The zero-order chi connectivity index (χ0) is 12.1. The maximum atomic E-state index is 9.14. The summed E-state index contributed by atoms with van der Waals surface area (Å²) in [5.41, 5.74) is 1.88. The fraction of sp³-hybridized carbons (Fsp3) is 0.571. The number of aryl methyl sites for hydroxylation is 1. The van der Waals surface area contributed by atoms with Gasteiger partial charge >= 0.3 is 0 Å². The normalized spacial score (nSPS) is 16.7. The fourth-order valence-electron chi connectivity index (χ4n) is 2.33. The van der Waals surface area contributed by atoms with Crippen molar-refractivity contribution in [2.45, 2.75) is 55.6 Å². The maximum absolute atomic E-state index is 9.14. The summed E-state index contributed by atoms with van der Waals surface area (Å²) in [6.07, 6.45) is 9.34. The highest BCUT2D eigenvalue weighted by atomic mass is 32.2. The molecule has 1 fully saturated rings. The third-order valence-electron chi connectivity index (χ3n) is 3.31. The van der Waals surface area contributed by atoms with E-state index in [2.05, 4.69) is 18.0 Å². The second-order valence-electron chi connectivity index (χ2n) is 4.49. The van der Waals surface area contributed by atoms with Crippen molar-refractivity contribution in [2.75, 3.05) is 0 Å². The molecule has 0 bridgehead atoms. The molecule has 17 heavy (non-hydrogen) atoms. The van der Waals surface area contributed by atoms with Crippen molar-refractivity contribution in [2.24, 2.45) is 0 Å². The van der Waals surface area contributed by atoms with Crippen molar-refractivity contribution < 1.29 is 0 Å². The lowest BCUT2D eigenvalue weighted by atomic mass is 10.0. The highest BCUT2D eigenvalue weighted by Crippen LogP contribution is 2.36. The Balaban J connectivity index is 2.20. The van der Waals surface area contributed by atoms with Crippen LogP contribution in [0.5, 0.6) is 0 Å². The smallest absolute Gasteiger partial charge is 0.154 e. The Morgan fingerprint density at radius 2 is 2.18 bits per heavy atom. The first-order chi connectivity index (χ1) is 8.35. The maximum Gasteiger partial charge on any atom is 0.154 e. The van der Waals surface area contributed by atoms with Gasteiger partial charge in [0, 0.05) is 16.3 Å². The molecule has 0 aliphatic heterocycles. The molecule has 1 aliphatic carbocycles. The van der Waals surface area contributed by atoms with Crippen molar-refractivity contribution in [3.63, 3.8) is 0 Å². The van der Waals surface area contributed by atoms with Crippen molar-refractivity contribution >= 4 is 11.8 Å². The number of hydrogen-bond acceptors (Lipinski definition) is 3. The van der Waals surface area contributed by atoms with Crippen LogP contribution in [-0.4, -0.2) is 10.2 Å². The number of pyridine rings is 1. The number of rotatable bonds is 3. The molecule has 1 aromatic rings. The Labute approximate surface area is 107 Å². The molecule has 0 amide bonds. The van der Waals surface area contributed by atoms with Crippen LogP contribution in [0.25, 0.3) is 0 Å². The summed E-state index contributed by atoms with van der Waals surface area (Å²) in [7, 11) is 0. The van der Waals surface area contributed by atoms with Crippen molar-refractivity contribution in [3.05, 3.63) is 23.5 Å². The van der Waals surface area contributed by atoms with Gasteiger partial charge in [0.25, 0.3) is 0 Å². The van der Waals surface area contributed by atoms with Crippen LogP contribution in [-0.2, 0) is 6.42 Å². The van der Waals surface area contributed by atoms with E-state index < -0.39 is 0 Å². The Bertz CT molecular complexity index is 417. The van der Waals surface area contributed by atoms with E-state index in [0.717, 1.165) is 11.3 Å². The molecule has 0 N–H and O–H groups in total. The Kier molecular flexibility index (Phi) is 4.44. The minimum absolute atomic E-state index is 0.611. The third-order valence-corrected chi connectivity index (χ3v) is 4.81. The number of nitriles is 1. The van der Waals surface area contributed by atoms with Gasteiger partial charge in [-0.1, -0.05) is 26.2 Å². The van der Waals surface area contributed by atoms with Gasteiger partial charge < -0.3 is 0 Å². The lowest BCUT2D eigenvalue weighted by Crippen LogP contribution is -2.09. The van der Waals surface area contributed by atoms with E-state index in [4.69, 9.17) is 5.26 Å². The van der Waals surface area contributed by atoms with E-state index in [1.165, 1.54) is 37.7 Å². The lowest BCUT2D eigenvalue weighted by molar-refractivity contribution is 0.516. The van der Waals surface area contributed by atoms with Crippen LogP contribution in [0, 0.1) is 11.3 Å². The minimum atomic E-state index is 0.611. The van der Waals surface area contributed by atoms with Crippen LogP contribution in [0.15, 0.2) is 17.2 Å². The zero-order valence-corrected chi connectivity index (χ0v) is 11.1. The molecule has 0 atom stereocenters. The number of thioether (sulfide) groups is 1. The fourth-order valence-corrected chi connectivity index (χ4v) is 3.80. The first kappa shape index (κ1) is 12.4. The largest absolute Gasteiger partial charge is 0.244 e. The van der Waals surface area contributed by atoms with Gasteiger partial charge in [-0.2, -0.15) is 5.26 Å². The Morgan fingerprint density at radius 1 is 1.41 bits per heavy atom. The molecule has 0 unspecified atom stereocenters. The van der Waals surface area contributed by atoms with E-state index in [-0.39, 0.29) is 0 Å². The second kappa shape index (κ2) is 6.07. The topological polar surface area (TPSA) is 36.7 Å². The van der Waals surface area contributed by atoms with Gasteiger partial charge in [-0.05, 0) is 30.9 Å².